The number of aryl methyl sites for hydroxylation is 1. The Morgan fingerprint density at radius 3 is 2.52 bits per heavy atom. The van der Waals surface area contributed by atoms with Gasteiger partial charge in [-0.1, -0.05) is 31.5 Å². The predicted molar refractivity (Wildman–Crippen MR) is 106 cm³/mol. The molecule has 144 valence electrons. The number of nitrogens with one attached hydrogen (secondary N) is 1. The highest BCUT2D eigenvalue weighted by Crippen LogP contribution is 2.15. The molecule has 0 aliphatic carbocycles. The van der Waals surface area contributed by atoms with Gasteiger partial charge in [0.05, 0.1) is 18.8 Å². The van der Waals surface area contributed by atoms with Gasteiger partial charge in [-0.25, -0.2) is 4.79 Å². The number of carbonyl (C=O) groups is 2. The van der Waals surface area contributed by atoms with Crippen LogP contribution in [0.4, 0.5) is 5.69 Å². The predicted octanol–water partition coefficient (Wildman–Crippen LogP) is 4.61. The maximum absolute atomic E-state index is 12.2. The van der Waals surface area contributed by atoms with Crippen LogP contribution >= 0.6 is 0 Å². The Morgan fingerprint density at radius 1 is 1.04 bits per heavy atom. The van der Waals surface area contributed by atoms with Gasteiger partial charge in [-0.15, -0.1) is 0 Å². The van der Waals surface area contributed by atoms with Crippen LogP contribution in [0.5, 0.6) is 5.75 Å². The van der Waals surface area contributed by atoms with E-state index < -0.39 is 0 Å². The minimum atomic E-state index is -0.367. The molecule has 0 fully saturated rings. The summed E-state index contributed by atoms with van der Waals surface area (Å²) in [6.07, 6.45) is 2.81. The molecule has 0 radical (unpaired) electrons. The lowest BCUT2D eigenvalue weighted by Crippen LogP contribution is -2.13. The van der Waals surface area contributed by atoms with E-state index in [-0.39, 0.29) is 11.9 Å². The van der Waals surface area contributed by atoms with E-state index >= 15 is 0 Å². The molecule has 0 bridgehead atoms. The average molecular weight is 369 g/mol. The molecule has 2 rings (SSSR count). The largest absolute Gasteiger partial charge is 0.494 e. The van der Waals surface area contributed by atoms with Gasteiger partial charge >= 0.3 is 5.97 Å². The van der Waals surface area contributed by atoms with E-state index in [4.69, 9.17) is 9.47 Å². The molecule has 0 aliphatic rings. The Kier molecular flexibility index (Phi) is 8.36. The molecule has 0 heterocycles. The lowest BCUT2D eigenvalue weighted by atomic mass is 10.1. The second kappa shape index (κ2) is 11.0. The monoisotopic (exact) mass is 369 g/mol. The quantitative estimate of drug-likeness (QED) is 0.490. The summed E-state index contributed by atoms with van der Waals surface area (Å²) in [5.41, 5.74) is 2.11. The molecule has 2 aromatic rings. The number of amides is 1. The van der Waals surface area contributed by atoms with E-state index in [1.165, 1.54) is 0 Å². The highest BCUT2D eigenvalue weighted by molar-refractivity contribution is 5.94. The first-order valence-corrected chi connectivity index (χ1v) is 9.41. The molecular formula is C22H27NO4. The number of rotatable bonds is 10. The molecule has 0 unspecified atom stereocenters. The van der Waals surface area contributed by atoms with Crippen molar-refractivity contribution in [3.05, 3.63) is 59.7 Å². The van der Waals surface area contributed by atoms with E-state index in [0.29, 0.717) is 37.3 Å². The third-order valence-electron chi connectivity index (χ3n) is 3.99. The molecule has 1 N–H and O–H groups in total. The van der Waals surface area contributed by atoms with E-state index in [0.717, 1.165) is 24.2 Å². The van der Waals surface area contributed by atoms with Crippen molar-refractivity contribution in [3.63, 3.8) is 0 Å². The van der Waals surface area contributed by atoms with Crippen LogP contribution in [0.25, 0.3) is 0 Å². The first kappa shape index (κ1) is 20.5. The maximum Gasteiger partial charge on any atom is 0.338 e. The van der Waals surface area contributed by atoms with Crippen molar-refractivity contribution in [1.29, 1.82) is 0 Å². The standard InChI is InChI=1S/C22H27NO4/c1-3-5-15-27-22(25)18-7-6-8-19(16-18)23-21(24)14-11-17-9-12-20(13-10-17)26-4-2/h6-10,12-13,16H,3-5,11,14-15H2,1-2H3,(H,23,24). The van der Waals surface area contributed by atoms with Gasteiger partial charge in [0.2, 0.25) is 5.91 Å². The van der Waals surface area contributed by atoms with Crippen LogP contribution in [0.1, 0.15) is 49.0 Å². The van der Waals surface area contributed by atoms with Crippen LogP contribution in [-0.4, -0.2) is 25.1 Å². The number of hydrogen-bond acceptors (Lipinski definition) is 4. The highest BCUT2D eigenvalue weighted by atomic mass is 16.5. The smallest absolute Gasteiger partial charge is 0.338 e. The minimum Gasteiger partial charge on any atom is -0.494 e. The van der Waals surface area contributed by atoms with E-state index in [2.05, 4.69) is 5.32 Å². The summed E-state index contributed by atoms with van der Waals surface area (Å²) in [5, 5.41) is 2.83. The average Bonchev–Trinajstić information content (AvgIpc) is 2.68. The van der Waals surface area contributed by atoms with Crippen molar-refractivity contribution >= 4 is 17.6 Å². The number of esters is 1. The highest BCUT2D eigenvalue weighted by Gasteiger charge is 2.09. The number of benzene rings is 2. The molecule has 0 atom stereocenters. The normalized spacial score (nSPS) is 10.3. The Morgan fingerprint density at radius 2 is 1.81 bits per heavy atom. The number of anilines is 1. The minimum absolute atomic E-state index is 0.0969. The Hall–Kier alpha value is -2.82. The van der Waals surface area contributed by atoms with Crippen molar-refractivity contribution in [3.8, 4) is 5.75 Å². The van der Waals surface area contributed by atoms with Crippen LogP contribution in [0.15, 0.2) is 48.5 Å². The molecule has 0 saturated heterocycles. The lowest BCUT2D eigenvalue weighted by molar-refractivity contribution is -0.116. The summed E-state index contributed by atoms with van der Waals surface area (Å²) in [7, 11) is 0. The topological polar surface area (TPSA) is 64.6 Å². The molecule has 0 saturated carbocycles. The molecule has 0 spiro atoms. The van der Waals surface area contributed by atoms with Crippen LogP contribution < -0.4 is 10.1 Å². The van der Waals surface area contributed by atoms with Gasteiger partial charge in [0.25, 0.3) is 0 Å². The summed E-state index contributed by atoms with van der Waals surface area (Å²) in [5.74, 6) is 0.364. The maximum atomic E-state index is 12.2. The molecule has 0 aliphatic heterocycles. The third kappa shape index (κ3) is 7.13. The second-order valence-corrected chi connectivity index (χ2v) is 6.20. The fourth-order valence-corrected chi connectivity index (χ4v) is 2.52. The molecule has 2 aromatic carbocycles. The summed E-state index contributed by atoms with van der Waals surface area (Å²) in [6.45, 7) is 5.02. The van der Waals surface area contributed by atoms with Gasteiger partial charge in [-0.2, -0.15) is 0 Å². The zero-order valence-corrected chi connectivity index (χ0v) is 16.0. The van der Waals surface area contributed by atoms with Crippen LogP contribution in [-0.2, 0) is 16.0 Å². The number of carbonyl (C=O) groups excluding carboxylic acids is 2. The Labute approximate surface area is 160 Å². The Bertz CT molecular complexity index is 740. The van der Waals surface area contributed by atoms with E-state index in [9.17, 15) is 9.59 Å². The van der Waals surface area contributed by atoms with Crippen molar-refractivity contribution in [2.24, 2.45) is 0 Å². The van der Waals surface area contributed by atoms with Gasteiger partial charge < -0.3 is 14.8 Å². The van der Waals surface area contributed by atoms with Crippen LogP contribution in [0, 0.1) is 0 Å². The fourth-order valence-electron chi connectivity index (χ4n) is 2.52. The third-order valence-corrected chi connectivity index (χ3v) is 3.99. The summed E-state index contributed by atoms with van der Waals surface area (Å²) < 4.78 is 10.6. The Balaban J connectivity index is 1.84. The first-order valence-electron chi connectivity index (χ1n) is 9.41. The van der Waals surface area contributed by atoms with Crippen molar-refractivity contribution < 1.29 is 19.1 Å². The first-order chi connectivity index (χ1) is 13.1. The molecule has 0 aromatic heterocycles. The van der Waals surface area contributed by atoms with E-state index in [1.54, 1.807) is 24.3 Å². The second-order valence-electron chi connectivity index (χ2n) is 6.20. The van der Waals surface area contributed by atoms with Gasteiger partial charge in [0.15, 0.2) is 0 Å². The number of hydrogen-bond donors (Lipinski definition) is 1. The molecule has 1 amide bonds. The summed E-state index contributed by atoms with van der Waals surface area (Å²) >= 11 is 0. The van der Waals surface area contributed by atoms with Crippen molar-refractivity contribution in [1.82, 2.24) is 0 Å². The zero-order chi connectivity index (χ0) is 19.5. The molecular weight excluding hydrogens is 342 g/mol. The summed E-state index contributed by atoms with van der Waals surface area (Å²) in [6, 6.07) is 14.6. The number of unbranched alkanes of at least 4 members (excludes halogenated alkanes) is 1. The van der Waals surface area contributed by atoms with Crippen LogP contribution in [0.3, 0.4) is 0 Å². The van der Waals surface area contributed by atoms with Gasteiger partial charge in [-0.05, 0) is 55.7 Å². The SMILES string of the molecule is CCCCOC(=O)c1cccc(NC(=O)CCc2ccc(OCC)cc2)c1. The summed E-state index contributed by atoms with van der Waals surface area (Å²) in [4.78, 5) is 24.2. The van der Waals surface area contributed by atoms with Crippen LogP contribution in [0.2, 0.25) is 0 Å². The molecule has 27 heavy (non-hydrogen) atoms. The van der Waals surface area contributed by atoms with Crippen molar-refractivity contribution in [2.75, 3.05) is 18.5 Å². The van der Waals surface area contributed by atoms with Gasteiger partial charge in [0, 0.05) is 12.1 Å². The van der Waals surface area contributed by atoms with Gasteiger partial charge in [0.1, 0.15) is 5.75 Å². The zero-order valence-electron chi connectivity index (χ0n) is 16.0. The lowest BCUT2D eigenvalue weighted by Gasteiger charge is -2.08. The van der Waals surface area contributed by atoms with Crippen molar-refractivity contribution in [2.45, 2.75) is 39.5 Å². The fraction of sp³-hybridized carbons (Fsp3) is 0.364. The molecule has 5 heteroatoms. The number of ether oxygens (including phenoxy) is 2. The van der Waals surface area contributed by atoms with Gasteiger partial charge in [-0.3, -0.25) is 4.79 Å². The van der Waals surface area contributed by atoms with E-state index in [1.807, 2.05) is 38.1 Å². The molecule has 5 nitrogen and oxygen atoms in total.